The maximum Gasteiger partial charge on any atom is 0.493 e. The average Bonchev–Trinajstić information content (AvgIpc) is 2.75. The molecule has 0 aromatic heterocycles. The molecule has 1 N–H and O–H groups in total. The van der Waals surface area contributed by atoms with E-state index in [1.807, 2.05) is 0 Å². The number of ketones is 1. The van der Waals surface area contributed by atoms with Crippen molar-refractivity contribution >= 4 is 35.2 Å². The molecule has 1 aromatic carbocycles. The lowest BCUT2D eigenvalue weighted by Gasteiger charge is -2.13. The minimum Gasteiger partial charge on any atom is -0.460 e. The van der Waals surface area contributed by atoms with Gasteiger partial charge >= 0.3 is 18.1 Å². The summed E-state index contributed by atoms with van der Waals surface area (Å²) in [4.78, 5) is 40.1. The fourth-order valence-corrected chi connectivity index (χ4v) is 3.26. The van der Waals surface area contributed by atoms with Crippen molar-refractivity contribution in [3.63, 3.8) is 0 Å². The smallest absolute Gasteiger partial charge is 0.460 e. The Balaban J connectivity index is 1.97. The van der Waals surface area contributed by atoms with Gasteiger partial charge in [0.1, 0.15) is 12.3 Å². The summed E-state index contributed by atoms with van der Waals surface area (Å²) in [6.07, 6.45) is -0.650. The lowest BCUT2D eigenvalue weighted by atomic mass is 10.1. The number of halogens is 3. The molecule has 7 nitrogen and oxygen atoms in total. The monoisotopic (exact) mass is 457 g/mol. The molecule has 166 valence electrons. The van der Waals surface area contributed by atoms with E-state index in [9.17, 15) is 27.6 Å². The van der Waals surface area contributed by atoms with Gasteiger partial charge in [0.2, 0.25) is 5.78 Å². The second-order valence-electron chi connectivity index (χ2n) is 6.19. The van der Waals surface area contributed by atoms with Gasteiger partial charge in [-0.2, -0.15) is 13.2 Å². The third-order valence-corrected chi connectivity index (χ3v) is 5.00. The Morgan fingerprint density at radius 2 is 1.81 bits per heavy atom. The van der Waals surface area contributed by atoms with E-state index < -0.39 is 29.6 Å². The third kappa shape index (κ3) is 7.37. The number of oxime groups is 1. The Bertz CT molecular complexity index is 935. The SMILES string of the molecule is C/C(=N\OC(=O)C(F)(F)F)C(=O)c1ccc(SC2=CC=C(C(=O)OCCO)CC2)cc1. The molecule has 0 fully saturated rings. The summed E-state index contributed by atoms with van der Waals surface area (Å²) in [7, 11) is 0. The van der Waals surface area contributed by atoms with E-state index in [-0.39, 0.29) is 18.8 Å². The largest absolute Gasteiger partial charge is 0.493 e. The van der Waals surface area contributed by atoms with Crippen LogP contribution < -0.4 is 0 Å². The molecule has 31 heavy (non-hydrogen) atoms. The molecule has 0 unspecified atom stereocenters. The van der Waals surface area contributed by atoms with Crippen LogP contribution in [0.4, 0.5) is 13.2 Å². The van der Waals surface area contributed by atoms with E-state index >= 15 is 0 Å². The number of hydrogen-bond acceptors (Lipinski definition) is 8. The predicted octanol–water partition coefficient (Wildman–Crippen LogP) is 3.58. The summed E-state index contributed by atoms with van der Waals surface area (Å²) >= 11 is 1.43. The van der Waals surface area contributed by atoms with Crippen molar-refractivity contribution in [3.05, 3.63) is 52.5 Å². The van der Waals surface area contributed by atoms with Gasteiger partial charge in [0.25, 0.3) is 0 Å². The van der Waals surface area contributed by atoms with Crippen molar-refractivity contribution < 1.29 is 42.2 Å². The molecule has 1 aromatic rings. The van der Waals surface area contributed by atoms with Crippen LogP contribution in [0.5, 0.6) is 0 Å². The van der Waals surface area contributed by atoms with Crippen LogP contribution in [0.2, 0.25) is 0 Å². The van der Waals surface area contributed by atoms with Gasteiger partial charge in [-0.3, -0.25) is 4.79 Å². The van der Waals surface area contributed by atoms with Crippen LogP contribution in [-0.4, -0.2) is 47.9 Å². The highest BCUT2D eigenvalue weighted by molar-refractivity contribution is 8.03. The first-order valence-corrected chi connectivity index (χ1v) is 9.76. The minimum absolute atomic E-state index is 0.0541. The van der Waals surface area contributed by atoms with Crippen LogP contribution in [0.3, 0.4) is 0 Å². The van der Waals surface area contributed by atoms with Crippen LogP contribution in [0.15, 0.2) is 56.9 Å². The van der Waals surface area contributed by atoms with Crippen molar-refractivity contribution in [2.24, 2.45) is 5.16 Å². The summed E-state index contributed by atoms with van der Waals surface area (Å²) in [6, 6.07) is 6.27. The first kappa shape index (κ1) is 24.4. The molecule has 0 bridgehead atoms. The second kappa shape index (κ2) is 10.9. The minimum atomic E-state index is -5.20. The number of ether oxygens (including phenoxy) is 1. The highest BCUT2D eigenvalue weighted by atomic mass is 32.2. The maximum absolute atomic E-state index is 12.2. The van der Waals surface area contributed by atoms with E-state index in [4.69, 9.17) is 9.84 Å². The molecule has 0 radical (unpaired) electrons. The van der Waals surface area contributed by atoms with Gasteiger partial charge in [-0.15, -0.1) is 0 Å². The highest BCUT2D eigenvalue weighted by Crippen LogP contribution is 2.33. The molecule has 0 saturated carbocycles. The fraction of sp³-hybridized carbons (Fsp3) is 0.300. The lowest BCUT2D eigenvalue weighted by molar-refractivity contribution is -0.199. The number of Topliss-reactive ketones (excluding diaryl/α,β-unsaturated/α-hetero) is 1. The molecule has 11 heteroatoms. The summed E-state index contributed by atoms with van der Waals surface area (Å²) in [5, 5.41) is 11.6. The number of allylic oxidation sites excluding steroid dienone is 3. The number of carbonyl (C=O) groups is 3. The van der Waals surface area contributed by atoms with Gasteiger partial charge in [0.05, 0.1) is 6.61 Å². The van der Waals surface area contributed by atoms with Crippen molar-refractivity contribution in [1.29, 1.82) is 0 Å². The molecule has 0 heterocycles. The number of alkyl halides is 3. The molecule has 2 rings (SSSR count). The number of benzene rings is 1. The van der Waals surface area contributed by atoms with Crippen LogP contribution in [0.25, 0.3) is 0 Å². The fourth-order valence-electron chi connectivity index (χ4n) is 2.34. The van der Waals surface area contributed by atoms with E-state index in [1.54, 1.807) is 24.3 Å². The molecule has 0 amide bonds. The average molecular weight is 457 g/mol. The zero-order valence-electron chi connectivity index (χ0n) is 16.3. The molecule has 1 aliphatic rings. The Kier molecular flexibility index (Phi) is 8.57. The molecule has 0 atom stereocenters. The van der Waals surface area contributed by atoms with Gasteiger partial charge < -0.3 is 14.7 Å². The maximum atomic E-state index is 12.2. The number of thioether (sulfide) groups is 1. The lowest BCUT2D eigenvalue weighted by Crippen LogP contribution is -2.24. The van der Waals surface area contributed by atoms with E-state index in [0.717, 1.165) is 16.7 Å². The van der Waals surface area contributed by atoms with E-state index in [1.165, 1.54) is 23.9 Å². The molecule has 0 spiro atoms. The standard InChI is InChI=1S/C20H18F3NO6S/c1-12(24-30-19(28)20(21,22)23)17(26)13-2-6-15(7-3-13)31-16-8-4-14(5-9-16)18(27)29-11-10-25/h2-4,6-8,25H,5,9-11H2,1H3/b24-12+. The zero-order chi connectivity index (χ0) is 23.0. The first-order valence-electron chi connectivity index (χ1n) is 8.95. The number of aliphatic hydroxyl groups is 1. The van der Waals surface area contributed by atoms with Gasteiger partial charge in [-0.25, -0.2) is 9.59 Å². The summed E-state index contributed by atoms with van der Waals surface area (Å²) < 4.78 is 41.2. The topological polar surface area (TPSA) is 102 Å². The van der Waals surface area contributed by atoms with Gasteiger partial charge in [-0.1, -0.05) is 29.1 Å². The van der Waals surface area contributed by atoms with Gasteiger partial charge in [-0.05, 0) is 48.9 Å². The van der Waals surface area contributed by atoms with Crippen LogP contribution >= 0.6 is 11.8 Å². The summed E-state index contributed by atoms with van der Waals surface area (Å²) in [5.41, 5.74) is 0.276. The number of rotatable bonds is 8. The number of aliphatic hydroxyl groups excluding tert-OH is 1. The summed E-state index contributed by atoms with van der Waals surface area (Å²) in [5.74, 6) is -3.65. The Morgan fingerprint density at radius 1 is 1.13 bits per heavy atom. The third-order valence-electron chi connectivity index (χ3n) is 3.89. The van der Waals surface area contributed by atoms with Crippen LogP contribution in [-0.2, 0) is 19.2 Å². The van der Waals surface area contributed by atoms with Crippen molar-refractivity contribution in [3.8, 4) is 0 Å². The van der Waals surface area contributed by atoms with E-state index in [0.29, 0.717) is 18.4 Å². The Hall–Kier alpha value is -2.92. The Morgan fingerprint density at radius 3 is 2.35 bits per heavy atom. The summed E-state index contributed by atoms with van der Waals surface area (Å²) in [6.45, 7) is 0.844. The van der Waals surface area contributed by atoms with Crippen molar-refractivity contribution in [2.45, 2.75) is 30.8 Å². The Labute approximate surface area is 179 Å². The quantitative estimate of drug-likeness (QED) is 0.209. The molecule has 0 saturated heterocycles. The molecule has 1 aliphatic carbocycles. The molecular weight excluding hydrogens is 439 g/mol. The van der Waals surface area contributed by atoms with Gasteiger partial charge in [0, 0.05) is 16.0 Å². The van der Waals surface area contributed by atoms with Crippen LogP contribution in [0.1, 0.15) is 30.1 Å². The number of carbonyl (C=O) groups excluding carboxylic acids is 3. The van der Waals surface area contributed by atoms with Crippen LogP contribution in [0, 0.1) is 0 Å². The molecular formula is C20H18F3NO6S. The van der Waals surface area contributed by atoms with Crippen molar-refractivity contribution in [1.82, 2.24) is 0 Å². The number of nitrogens with zero attached hydrogens (tertiary/aromatic N) is 1. The number of esters is 1. The highest BCUT2D eigenvalue weighted by Gasteiger charge is 2.41. The first-order chi connectivity index (χ1) is 14.6. The number of hydrogen-bond donors (Lipinski definition) is 1. The van der Waals surface area contributed by atoms with E-state index in [2.05, 4.69) is 9.99 Å². The normalized spacial score (nSPS) is 14.4. The van der Waals surface area contributed by atoms with Crippen molar-refractivity contribution in [2.75, 3.05) is 13.2 Å². The predicted molar refractivity (Wildman–Crippen MR) is 105 cm³/mol. The zero-order valence-corrected chi connectivity index (χ0v) is 17.1. The molecule has 0 aliphatic heterocycles. The van der Waals surface area contributed by atoms with Gasteiger partial charge in [0.15, 0.2) is 0 Å². The second-order valence-corrected chi connectivity index (χ2v) is 7.39.